The van der Waals surface area contributed by atoms with E-state index in [1.807, 2.05) is 12.1 Å². The van der Waals surface area contributed by atoms with Gasteiger partial charge in [0, 0.05) is 64.0 Å². The highest BCUT2D eigenvalue weighted by Crippen LogP contribution is 2.29. The van der Waals surface area contributed by atoms with E-state index in [4.69, 9.17) is 9.47 Å². The molecule has 1 amide bonds. The SMILES string of the molecule is COCCC1(NC(=O)Cc2cccnc2)CCN(C2CCOCC2)CC1. The Labute approximate surface area is 156 Å². The summed E-state index contributed by atoms with van der Waals surface area (Å²) in [6.07, 6.45) is 8.94. The number of pyridine rings is 1. The molecule has 0 radical (unpaired) electrons. The molecule has 1 N–H and O–H groups in total. The van der Waals surface area contributed by atoms with Gasteiger partial charge in [0.15, 0.2) is 0 Å². The molecule has 1 aromatic heterocycles. The molecule has 0 spiro atoms. The predicted octanol–water partition coefficient (Wildman–Crippen LogP) is 1.79. The van der Waals surface area contributed by atoms with Gasteiger partial charge in [-0.3, -0.25) is 9.78 Å². The van der Waals surface area contributed by atoms with Crippen molar-refractivity contribution in [3.05, 3.63) is 30.1 Å². The average Bonchev–Trinajstić information content (AvgIpc) is 2.68. The first-order chi connectivity index (χ1) is 12.7. The number of methoxy groups -OCH3 is 1. The Bertz CT molecular complexity index is 553. The molecular weight excluding hydrogens is 330 g/mol. The number of likely N-dealkylation sites (tertiary alicyclic amines) is 1. The van der Waals surface area contributed by atoms with Gasteiger partial charge in [-0.2, -0.15) is 0 Å². The maximum Gasteiger partial charge on any atom is 0.224 e. The molecule has 1 aromatic rings. The standard InChI is InChI=1S/C20H31N3O3/c1-25-14-8-20(22-19(24)15-17-3-2-9-21-16-17)6-10-23(11-7-20)18-4-12-26-13-5-18/h2-3,9,16,18H,4-8,10-15H2,1H3,(H,22,24). The predicted molar refractivity (Wildman–Crippen MR) is 100.0 cm³/mol. The molecule has 3 heterocycles. The second kappa shape index (κ2) is 9.44. The Morgan fingerprint density at radius 2 is 2.15 bits per heavy atom. The van der Waals surface area contributed by atoms with Crippen LogP contribution in [-0.2, 0) is 20.7 Å². The van der Waals surface area contributed by atoms with Crippen molar-refractivity contribution in [3.8, 4) is 0 Å². The van der Waals surface area contributed by atoms with Crippen molar-refractivity contribution in [2.75, 3.05) is 40.0 Å². The maximum absolute atomic E-state index is 12.6. The lowest BCUT2D eigenvalue weighted by Gasteiger charge is -2.45. The molecule has 2 saturated heterocycles. The Morgan fingerprint density at radius 1 is 1.38 bits per heavy atom. The normalized spacial score (nSPS) is 21.4. The fraction of sp³-hybridized carbons (Fsp3) is 0.700. The summed E-state index contributed by atoms with van der Waals surface area (Å²) < 4.78 is 10.8. The third kappa shape index (κ3) is 5.25. The van der Waals surface area contributed by atoms with Gasteiger partial charge in [0.25, 0.3) is 0 Å². The zero-order valence-electron chi connectivity index (χ0n) is 15.8. The number of ether oxygens (including phenoxy) is 2. The van der Waals surface area contributed by atoms with Crippen LogP contribution >= 0.6 is 0 Å². The van der Waals surface area contributed by atoms with Gasteiger partial charge in [-0.15, -0.1) is 0 Å². The quantitative estimate of drug-likeness (QED) is 0.802. The molecule has 0 aromatic carbocycles. The van der Waals surface area contributed by atoms with Crippen LogP contribution in [0.5, 0.6) is 0 Å². The van der Waals surface area contributed by atoms with E-state index in [-0.39, 0.29) is 11.4 Å². The summed E-state index contributed by atoms with van der Waals surface area (Å²) in [5.74, 6) is 0.0774. The van der Waals surface area contributed by atoms with Gasteiger partial charge in [0.2, 0.25) is 5.91 Å². The maximum atomic E-state index is 12.6. The lowest BCUT2D eigenvalue weighted by Crippen LogP contribution is -2.58. The van der Waals surface area contributed by atoms with Crippen LogP contribution in [0.3, 0.4) is 0 Å². The van der Waals surface area contributed by atoms with E-state index in [9.17, 15) is 4.79 Å². The zero-order chi connectivity index (χ0) is 18.2. The first kappa shape index (κ1) is 19.3. The summed E-state index contributed by atoms with van der Waals surface area (Å²) in [6, 6.07) is 4.45. The highest BCUT2D eigenvalue weighted by molar-refractivity contribution is 5.79. The van der Waals surface area contributed by atoms with Gasteiger partial charge in [-0.1, -0.05) is 6.07 Å². The minimum absolute atomic E-state index is 0.0774. The Morgan fingerprint density at radius 3 is 2.81 bits per heavy atom. The monoisotopic (exact) mass is 361 g/mol. The fourth-order valence-electron chi connectivity index (χ4n) is 4.13. The summed E-state index contributed by atoms with van der Waals surface area (Å²) in [7, 11) is 1.72. The molecular formula is C20H31N3O3. The van der Waals surface area contributed by atoms with E-state index in [1.54, 1.807) is 19.5 Å². The molecule has 144 valence electrons. The summed E-state index contributed by atoms with van der Waals surface area (Å²) in [5.41, 5.74) is 0.795. The molecule has 0 unspecified atom stereocenters. The lowest BCUT2D eigenvalue weighted by molar-refractivity contribution is -0.123. The molecule has 2 aliphatic heterocycles. The minimum Gasteiger partial charge on any atom is -0.385 e. The van der Waals surface area contributed by atoms with Crippen molar-refractivity contribution in [2.45, 2.75) is 50.1 Å². The molecule has 0 saturated carbocycles. The molecule has 0 bridgehead atoms. The van der Waals surface area contributed by atoms with Crippen LogP contribution in [0.4, 0.5) is 0 Å². The van der Waals surface area contributed by atoms with Crippen LogP contribution in [0, 0.1) is 0 Å². The van der Waals surface area contributed by atoms with E-state index in [2.05, 4.69) is 15.2 Å². The van der Waals surface area contributed by atoms with Gasteiger partial charge in [0.1, 0.15) is 0 Å². The minimum atomic E-state index is -0.156. The van der Waals surface area contributed by atoms with Gasteiger partial charge < -0.3 is 19.7 Å². The van der Waals surface area contributed by atoms with Crippen molar-refractivity contribution in [2.24, 2.45) is 0 Å². The molecule has 26 heavy (non-hydrogen) atoms. The average molecular weight is 361 g/mol. The van der Waals surface area contributed by atoms with E-state index in [0.29, 0.717) is 19.1 Å². The number of carbonyl (C=O) groups excluding carboxylic acids is 1. The van der Waals surface area contributed by atoms with Gasteiger partial charge in [0.05, 0.1) is 6.42 Å². The molecule has 2 aliphatic rings. The van der Waals surface area contributed by atoms with Crippen LogP contribution in [0.25, 0.3) is 0 Å². The summed E-state index contributed by atoms with van der Waals surface area (Å²) in [4.78, 5) is 19.3. The number of aromatic nitrogens is 1. The highest BCUT2D eigenvalue weighted by Gasteiger charge is 2.37. The summed E-state index contributed by atoms with van der Waals surface area (Å²) in [6.45, 7) is 4.48. The Balaban J connectivity index is 1.57. The Kier molecular flexibility index (Phi) is 7.00. The smallest absolute Gasteiger partial charge is 0.224 e. The number of nitrogens with zero attached hydrogens (tertiary/aromatic N) is 2. The number of rotatable bonds is 7. The number of hydrogen-bond acceptors (Lipinski definition) is 5. The first-order valence-electron chi connectivity index (χ1n) is 9.71. The molecule has 2 fully saturated rings. The molecule has 0 atom stereocenters. The van der Waals surface area contributed by atoms with Crippen LogP contribution in [-0.4, -0.2) is 67.4 Å². The molecule has 0 aliphatic carbocycles. The fourth-order valence-corrected chi connectivity index (χ4v) is 4.13. The number of carbonyl (C=O) groups is 1. The van der Waals surface area contributed by atoms with Crippen LogP contribution in [0.2, 0.25) is 0 Å². The zero-order valence-corrected chi connectivity index (χ0v) is 15.8. The number of nitrogens with one attached hydrogen (secondary N) is 1. The van der Waals surface area contributed by atoms with E-state index >= 15 is 0 Å². The van der Waals surface area contributed by atoms with Crippen molar-refractivity contribution in [1.29, 1.82) is 0 Å². The summed E-state index contributed by atoms with van der Waals surface area (Å²) in [5, 5.41) is 3.34. The van der Waals surface area contributed by atoms with Crippen molar-refractivity contribution in [3.63, 3.8) is 0 Å². The molecule has 3 rings (SSSR count). The topological polar surface area (TPSA) is 63.7 Å². The highest BCUT2D eigenvalue weighted by atomic mass is 16.5. The third-order valence-corrected chi connectivity index (χ3v) is 5.74. The van der Waals surface area contributed by atoms with Gasteiger partial charge in [-0.05, 0) is 43.7 Å². The first-order valence-corrected chi connectivity index (χ1v) is 9.71. The number of amides is 1. The third-order valence-electron chi connectivity index (χ3n) is 5.74. The largest absolute Gasteiger partial charge is 0.385 e. The van der Waals surface area contributed by atoms with Crippen LogP contribution in [0.1, 0.15) is 37.7 Å². The molecule has 6 heteroatoms. The van der Waals surface area contributed by atoms with Crippen molar-refractivity contribution in [1.82, 2.24) is 15.2 Å². The second-order valence-electron chi connectivity index (χ2n) is 7.49. The molecule has 6 nitrogen and oxygen atoms in total. The van der Waals surface area contributed by atoms with Crippen molar-refractivity contribution < 1.29 is 14.3 Å². The van der Waals surface area contributed by atoms with Crippen LogP contribution in [0.15, 0.2) is 24.5 Å². The van der Waals surface area contributed by atoms with Gasteiger partial charge >= 0.3 is 0 Å². The lowest BCUT2D eigenvalue weighted by atomic mass is 9.83. The summed E-state index contributed by atoms with van der Waals surface area (Å²) >= 11 is 0. The second-order valence-corrected chi connectivity index (χ2v) is 7.49. The van der Waals surface area contributed by atoms with E-state index in [1.165, 1.54) is 0 Å². The van der Waals surface area contributed by atoms with E-state index < -0.39 is 0 Å². The van der Waals surface area contributed by atoms with Crippen LogP contribution < -0.4 is 5.32 Å². The van der Waals surface area contributed by atoms with Crippen molar-refractivity contribution >= 4 is 5.91 Å². The number of hydrogen-bond donors (Lipinski definition) is 1. The Hall–Kier alpha value is -1.50. The number of piperidine rings is 1. The van der Waals surface area contributed by atoms with Gasteiger partial charge in [-0.25, -0.2) is 0 Å². The van der Waals surface area contributed by atoms with E-state index in [0.717, 1.165) is 64.0 Å².